The Morgan fingerprint density at radius 3 is 2.85 bits per heavy atom. The van der Waals surface area contributed by atoms with Crippen LogP contribution in [0.2, 0.25) is 0 Å². The van der Waals surface area contributed by atoms with Crippen LogP contribution in [0.5, 0.6) is 0 Å². The van der Waals surface area contributed by atoms with Crippen molar-refractivity contribution in [2.45, 2.75) is 31.8 Å². The molecule has 0 bridgehead atoms. The Balaban J connectivity index is 1.50. The zero-order valence-corrected chi connectivity index (χ0v) is 11.9. The second kappa shape index (κ2) is 8.72. The third-order valence-electron chi connectivity index (χ3n) is 3.50. The highest BCUT2D eigenvalue weighted by Gasteiger charge is 2.20. The van der Waals surface area contributed by atoms with Crippen LogP contribution in [-0.4, -0.2) is 38.3 Å². The van der Waals surface area contributed by atoms with Gasteiger partial charge in [0.05, 0.1) is 6.61 Å². The number of hydrogen-bond donors (Lipinski definition) is 2. The second-order valence-corrected chi connectivity index (χ2v) is 5.15. The highest BCUT2D eigenvalue weighted by Crippen LogP contribution is 2.05. The highest BCUT2D eigenvalue weighted by atomic mass is 16.5. The number of hydrogen-bond acceptors (Lipinski definition) is 3. The molecule has 2 N–H and O–H groups in total. The molecule has 0 saturated carbocycles. The summed E-state index contributed by atoms with van der Waals surface area (Å²) >= 11 is 0. The molecule has 1 amide bonds. The van der Waals surface area contributed by atoms with Crippen LogP contribution in [-0.2, 0) is 16.0 Å². The molecule has 1 saturated heterocycles. The van der Waals surface area contributed by atoms with Crippen molar-refractivity contribution in [3.63, 3.8) is 0 Å². The van der Waals surface area contributed by atoms with Crippen molar-refractivity contribution in [3.05, 3.63) is 35.9 Å². The molecule has 2 rings (SSSR count). The van der Waals surface area contributed by atoms with Gasteiger partial charge in [0, 0.05) is 19.6 Å². The van der Waals surface area contributed by atoms with Crippen LogP contribution in [0.4, 0.5) is 0 Å². The van der Waals surface area contributed by atoms with Gasteiger partial charge in [-0.05, 0) is 24.8 Å². The molecule has 110 valence electrons. The molecule has 0 aromatic heterocycles. The summed E-state index contributed by atoms with van der Waals surface area (Å²) in [4.78, 5) is 11.8. The van der Waals surface area contributed by atoms with Crippen molar-refractivity contribution >= 4 is 5.91 Å². The highest BCUT2D eigenvalue weighted by molar-refractivity contribution is 5.81. The van der Waals surface area contributed by atoms with Gasteiger partial charge in [0.2, 0.25) is 5.91 Å². The van der Waals surface area contributed by atoms with Gasteiger partial charge < -0.3 is 15.4 Å². The Bertz CT molecular complexity index is 389. The molecular formula is C16H24N2O2. The average molecular weight is 276 g/mol. The van der Waals surface area contributed by atoms with Gasteiger partial charge in [-0.15, -0.1) is 0 Å². The van der Waals surface area contributed by atoms with Gasteiger partial charge in [-0.25, -0.2) is 0 Å². The van der Waals surface area contributed by atoms with Crippen LogP contribution in [0.1, 0.15) is 24.8 Å². The normalized spacial score (nSPS) is 18.7. The number of amides is 1. The fourth-order valence-corrected chi connectivity index (χ4v) is 2.33. The first kappa shape index (κ1) is 15.0. The molecule has 4 nitrogen and oxygen atoms in total. The third-order valence-corrected chi connectivity index (χ3v) is 3.50. The Morgan fingerprint density at radius 2 is 2.10 bits per heavy atom. The summed E-state index contributed by atoms with van der Waals surface area (Å²) in [5.74, 6) is 0.0141. The first-order valence-electron chi connectivity index (χ1n) is 7.50. The molecule has 0 aliphatic carbocycles. The van der Waals surface area contributed by atoms with Crippen LogP contribution < -0.4 is 10.6 Å². The van der Waals surface area contributed by atoms with E-state index < -0.39 is 0 Å². The Morgan fingerprint density at radius 1 is 1.25 bits per heavy atom. The summed E-state index contributed by atoms with van der Waals surface area (Å²) in [6, 6.07) is 10.5. The van der Waals surface area contributed by atoms with E-state index in [1.165, 1.54) is 12.0 Å². The van der Waals surface area contributed by atoms with Crippen molar-refractivity contribution in [3.8, 4) is 0 Å². The SMILES string of the molecule is O=C(NCCCCCc1ccccc1)C1CNCCO1. The molecule has 1 aliphatic heterocycles. The van der Waals surface area contributed by atoms with Crippen LogP contribution in [0, 0.1) is 0 Å². The lowest BCUT2D eigenvalue weighted by Crippen LogP contribution is -2.48. The number of ether oxygens (including phenoxy) is 1. The smallest absolute Gasteiger partial charge is 0.250 e. The second-order valence-electron chi connectivity index (χ2n) is 5.15. The number of benzene rings is 1. The Kier molecular flexibility index (Phi) is 6.54. The first-order chi connectivity index (χ1) is 9.86. The molecule has 1 heterocycles. The molecule has 0 radical (unpaired) electrons. The van der Waals surface area contributed by atoms with Crippen molar-refractivity contribution < 1.29 is 9.53 Å². The van der Waals surface area contributed by atoms with Crippen molar-refractivity contribution in [1.29, 1.82) is 0 Å². The fraction of sp³-hybridized carbons (Fsp3) is 0.562. The van der Waals surface area contributed by atoms with Crippen molar-refractivity contribution in [2.75, 3.05) is 26.2 Å². The summed E-state index contributed by atoms with van der Waals surface area (Å²) in [5, 5.41) is 6.11. The Hall–Kier alpha value is -1.39. The van der Waals surface area contributed by atoms with Gasteiger partial charge in [-0.1, -0.05) is 36.8 Å². The van der Waals surface area contributed by atoms with E-state index in [0.717, 1.165) is 32.4 Å². The summed E-state index contributed by atoms with van der Waals surface area (Å²) in [6.45, 7) is 2.83. The predicted octanol–water partition coefficient (Wildman–Crippen LogP) is 1.50. The lowest BCUT2D eigenvalue weighted by Gasteiger charge is -2.22. The zero-order chi connectivity index (χ0) is 14.0. The summed E-state index contributed by atoms with van der Waals surface area (Å²) < 4.78 is 5.40. The predicted molar refractivity (Wildman–Crippen MR) is 79.6 cm³/mol. The lowest BCUT2D eigenvalue weighted by atomic mass is 10.1. The molecule has 20 heavy (non-hydrogen) atoms. The molecule has 1 aromatic carbocycles. The maximum absolute atomic E-state index is 11.8. The molecule has 1 aromatic rings. The molecule has 1 fully saturated rings. The first-order valence-corrected chi connectivity index (χ1v) is 7.50. The maximum Gasteiger partial charge on any atom is 0.250 e. The summed E-state index contributed by atoms with van der Waals surface area (Å²) in [7, 11) is 0. The topological polar surface area (TPSA) is 50.4 Å². The number of nitrogens with one attached hydrogen (secondary N) is 2. The van der Waals surface area contributed by atoms with E-state index in [-0.39, 0.29) is 12.0 Å². The van der Waals surface area contributed by atoms with Crippen LogP contribution in [0.25, 0.3) is 0 Å². The van der Waals surface area contributed by atoms with Gasteiger partial charge in [-0.2, -0.15) is 0 Å². The van der Waals surface area contributed by atoms with Crippen LogP contribution in [0.15, 0.2) is 30.3 Å². The molecule has 4 heteroatoms. The molecular weight excluding hydrogens is 252 g/mol. The quantitative estimate of drug-likeness (QED) is 0.742. The monoisotopic (exact) mass is 276 g/mol. The average Bonchev–Trinajstić information content (AvgIpc) is 2.52. The molecule has 0 spiro atoms. The molecule has 1 aliphatic rings. The van der Waals surface area contributed by atoms with Crippen molar-refractivity contribution in [2.24, 2.45) is 0 Å². The van der Waals surface area contributed by atoms with E-state index in [0.29, 0.717) is 13.2 Å². The van der Waals surface area contributed by atoms with E-state index in [1.54, 1.807) is 0 Å². The van der Waals surface area contributed by atoms with Gasteiger partial charge in [-0.3, -0.25) is 4.79 Å². The van der Waals surface area contributed by atoms with Crippen LogP contribution >= 0.6 is 0 Å². The van der Waals surface area contributed by atoms with Gasteiger partial charge >= 0.3 is 0 Å². The lowest BCUT2D eigenvalue weighted by molar-refractivity contribution is -0.134. The van der Waals surface area contributed by atoms with Gasteiger partial charge in [0.15, 0.2) is 0 Å². The fourth-order valence-electron chi connectivity index (χ4n) is 2.33. The minimum absolute atomic E-state index is 0.0141. The minimum Gasteiger partial charge on any atom is -0.366 e. The number of carbonyl (C=O) groups excluding carboxylic acids is 1. The van der Waals surface area contributed by atoms with Gasteiger partial charge in [0.1, 0.15) is 6.10 Å². The van der Waals surface area contributed by atoms with Crippen LogP contribution in [0.3, 0.4) is 0 Å². The Labute approximate surface area is 120 Å². The minimum atomic E-state index is -0.312. The van der Waals surface area contributed by atoms with E-state index in [9.17, 15) is 4.79 Å². The number of unbranched alkanes of at least 4 members (excludes halogenated alkanes) is 2. The zero-order valence-electron chi connectivity index (χ0n) is 11.9. The van der Waals surface area contributed by atoms with E-state index in [4.69, 9.17) is 4.74 Å². The van der Waals surface area contributed by atoms with Crippen molar-refractivity contribution in [1.82, 2.24) is 10.6 Å². The van der Waals surface area contributed by atoms with E-state index in [2.05, 4.69) is 34.9 Å². The molecule has 1 unspecified atom stereocenters. The summed E-state index contributed by atoms with van der Waals surface area (Å²) in [6.07, 6.45) is 4.14. The van der Waals surface area contributed by atoms with Gasteiger partial charge in [0.25, 0.3) is 0 Å². The molecule has 1 atom stereocenters. The number of rotatable bonds is 7. The van der Waals surface area contributed by atoms with E-state index in [1.807, 2.05) is 6.07 Å². The summed E-state index contributed by atoms with van der Waals surface area (Å²) in [5.41, 5.74) is 1.39. The third kappa shape index (κ3) is 5.31. The maximum atomic E-state index is 11.8. The standard InChI is InChI=1S/C16H24N2O2/c19-16(15-13-17-11-12-20-15)18-10-6-2-5-9-14-7-3-1-4-8-14/h1,3-4,7-8,15,17H,2,5-6,9-13H2,(H,18,19). The number of aryl methyl sites for hydroxylation is 1. The number of carbonyl (C=O) groups is 1. The largest absolute Gasteiger partial charge is 0.366 e. The number of morpholine rings is 1. The van der Waals surface area contributed by atoms with E-state index >= 15 is 0 Å².